The maximum absolute atomic E-state index is 13.0. The molecule has 0 spiro atoms. The molecule has 0 saturated carbocycles. The summed E-state index contributed by atoms with van der Waals surface area (Å²) in [5.41, 5.74) is 2.37. The highest BCUT2D eigenvalue weighted by Crippen LogP contribution is 2.29. The van der Waals surface area contributed by atoms with Gasteiger partial charge in [0.05, 0.1) is 6.20 Å². The van der Waals surface area contributed by atoms with Crippen LogP contribution < -0.4 is 4.74 Å². The van der Waals surface area contributed by atoms with Crippen molar-refractivity contribution in [2.24, 2.45) is 0 Å². The van der Waals surface area contributed by atoms with E-state index in [-0.39, 0.29) is 11.8 Å². The Balaban J connectivity index is 1.42. The Morgan fingerprint density at radius 2 is 2.06 bits per heavy atom. The van der Waals surface area contributed by atoms with Crippen LogP contribution in [0, 0.1) is 13.8 Å². The van der Waals surface area contributed by atoms with Crippen LogP contribution in [-0.2, 0) is 4.79 Å². The third-order valence-electron chi connectivity index (χ3n) is 5.39. The highest BCUT2D eigenvalue weighted by molar-refractivity contribution is 6.32. The van der Waals surface area contributed by atoms with Crippen LogP contribution in [0.15, 0.2) is 35.2 Å². The molecular formula is C22H24ClN5O3. The van der Waals surface area contributed by atoms with Crippen molar-refractivity contribution in [3.05, 3.63) is 52.7 Å². The molecule has 3 aromatic rings. The van der Waals surface area contributed by atoms with E-state index in [1.54, 1.807) is 25.5 Å². The number of likely N-dealkylation sites (tertiary alicyclic amines) is 1. The highest BCUT2D eigenvalue weighted by atomic mass is 35.5. The standard InChI is InChI=1S/C22H24ClN5O3/c1-13-9-17(10-14(2)19(13)23)30-15(3)22(29)28-8-4-5-16(12-28)20-26-21(31-27-20)18-11-24-6-7-25-18/h6-7,9-11,15-16H,4-5,8,12H2,1-3H3/t15-,16+/m0/s1. The zero-order valence-corrected chi connectivity index (χ0v) is 18.5. The second kappa shape index (κ2) is 9.01. The molecule has 31 heavy (non-hydrogen) atoms. The summed E-state index contributed by atoms with van der Waals surface area (Å²) < 4.78 is 11.3. The van der Waals surface area contributed by atoms with Crippen LogP contribution in [0.5, 0.6) is 5.75 Å². The van der Waals surface area contributed by atoms with Crippen molar-refractivity contribution >= 4 is 17.5 Å². The van der Waals surface area contributed by atoms with Crippen molar-refractivity contribution in [2.75, 3.05) is 13.1 Å². The fourth-order valence-corrected chi connectivity index (χ4v) is 3.90. The number of amides is 1. The van der Waals surface area contributed by atoms with E-state index in [1.807, 2.05) is 30.9 Å². The fraction of sp³-hybridized carbons (Fsp3) is 0.409. The molecule has 2 atom stereocenters. The fourth-order valence-electron chi connectivity index (χ4n) is 3.79. The maximum atomic E-state index is 13.0. The Labute approximate surface area is 185 Å². The molecule has 9 heteroatoms. The molecule has 8 nitrogen and oxygen atoms in total. The van der Waals surface area contributed by atoms with Gasteiger partial charge >= 0.3 is 0 Å². The Morgan fingerprint density at radius 3 is 2.77 bits per heavy atom. The summed E-state index contributed by atoms with van der Waals surface area (Å²) in [6, 6.07) is 3.71. The molecule has 0 aliphatic carbocycles. The Kier molecular flexibility index (Phi) is 6.18. The van der Waals surface area contributed by atoms with Gasteiger partial charge in [0.25, 0.3) is 11.8 Å². The monoisotopic (exact) mass is 441 g/mol. The zero-order chi connectivity index (χ0) is 22.0. The summed E-state index contributed by atoms with van der Waals surface area (Å²) in [5, 5.41) is 4.83. The number of carbonyl (C=O) groups is 1. The number of piperidine rings is 1. The average Bonchev–Trinajstić information content (AvgIpc) is 3.28. The SMILES string of the molecule is Cc1cc(O[C@@H](C)C(=O)N2CCC[C@@H](c3noc(-c4cnccn4)n3)C2)cc(C)c1Cl. The largest absolute Gasteiger partial charge is 0.481 e. The molecule has 1 aliphatic heterocycles. The molecule has 4 rings (SSSR count). The van der Waals surface area contributed by atoms with Gasteiger partial charge in [0.2, 0.25) is 0 Å². The van der Waals surface area contributed by atoms with Crippen LogP contribution in [0.2, 0.25) is 5.02 Å². The van der Waals surface area contributed by atoms with Gasteiger partial charge in [0.15, 0.2) is 11.9 Å². The van der Waals surface area contributed by atoms with E-state index in [2.05, 4.69) is 20.1 Å². The van der Waals surface area contributed by atoms with Gasteiger partial charge in [0, 0.05) is 36.4 Å². The van der Waals surface area contributed by atoms with Gasteiger partial charge in [-0.1, -0.05) is 16.8 Å². The number of aromatic nitrogens is 4. The minimum absolute atomic E-state index is 0.000841. The van der Waals surface area contributed by atoms with E-state index < -0.39 is 6.10 Å². The van der Waals surface area contributed by atoms with Crippen molar-refractivity contribution in [2.45, 2.75) is 45.6 Å². The summed E-state index contributed by atoms with van der Waals surface area (Å²) in [6.45, 7) is 6.81. The maximum Gasteiger partial charge on any atom is 0.278 e. The Hall–Kier alpha value is -3.00. The van der Waals surface area contributed by atoms with Crippen molar-refractivity contribution in [1.82, 2.24) is 25.0 Å². The van der Waals surface area contributed by atoms with Gasteiger partial charge in [0.1, 0.15) is 11.4 Å². The number of halogens is 1. The molecule has 1 aliphatic rings. The average molecular weight is 442 g/mol. The number of rotatable bonds is 5. The predicted molar refractivity (Wildman–Crippen MR) is 115 cm³/mol. The van der Waals surface area contributed by atoms with Gasteiger partial charge in [-0.05, 0) is 56.9 Å². The van der Waals surface area contributed by atoms with Gasteiger partial charge in [-0.2, -0.15) is 4.98 Å². The van der Waals surface area contributed by atoms with Gasteiger partial charge in [-0.3, -0.25) is 9.78 Å². The molecule has 1 fully saturated rings. The summed E-state index contributed by atoms with van der Waals surface area (Å²) in [7, 11) is 0. The highest BCUT2D eigenvalue weighted by Gasteiger charge is 2.31. The lowest BCUT2D eigenvalue weighted by Gasteiger charge is -2.33. The third-order valence-corrected chi connectivity index (χ3v) is 5.99. The van der Waals surface area contributed by atoms with E-state index in [1.165, 1.54) is 0 Å². The molecule has 1 aromatic carbocycles. The summed E-state index contributed by atoms with van der Waals surface area (Å²) in [4.78, 5) is 27.5. The number of hydrogen-bond acceptors (Lipinski definition) is 7. The zero-order valence-electron chi connectivity index (χ0n) is 17.7. The molecule has 2 aromatic heterocycles. The number of carbonyl (C=O) groups excluding carboxylic acids is 1. The molecule has 3 heterocycles. The lowest BCUT2D eigenvalue weighted by molar-refractivity contribution is -0.139. The topological polar surface area (TPSA) is 94.2 Å². The summed E-state index contributed by atoms with van der Waals surface area (Å²) >= 11 is 6.23. The van der Waals surface area contributed by atoms with Crippen molar-refractivity contribution in [3.8, 4) is 17.3 Å². The molecule has 0 N–H and O–H groups in total. The predicted octanol–water partition coefficient (Wildman–Crippen LogP) is 3.97. The molecule has 1 saturated heterocycles. The number of ether oxygens (including phenoxy) is 1. The number of hydrogen-bond donors (Lipinski definition) is 0. The van der Waals surface area contributed by atoms with E-state index in [9.17, 15) is 4.79 Å². The molecule has 0 unspecified atom stereocenters. The van der Waals surface area contributed by atoms with Crippen LogP contribution in [0.4, 0.5) is 0 Å². The van der Waals surface area contributed by atoms with E-state index >= 15 is 0 Å². The lowest BCUT2D eigenvalue weighted by atomic mass is 9.97. The van der Waals surface area contributed by atoms with Crippen molar-refractivity contribution in [3.63, 3.8) is 0 Å². The Morgan fingerprint density at radius 1 is 1.29 bits per heavy atom. The number of nitrogens with zero attached hydrogens (tertiary/aromatic N) is 5. The minimum atomic E-state index is -0.612. The second-order valence-electron chi connectivity index (χ2n) is 7.80. The summed E-state index contributed by atoms with van der Waals surface area (Å²) in [5.74, 6) is 1.49. The molecule has 0 radical (unpaired) electrons. The number of aryl methyl sites for hydroxylation is 2. The normalized spacial score (nSPS) is 17.4. The first-order chi connectivity index (χ1) is 14.9. The van der Waals surface area contributed by atoms with Crippen LogP contribution >= 0.6 is 11.6 Å². The minimum Gasteiger partial charge on any atom is -0.481 e. The van der Waals surface area contributed by atoms with Crippen molar-refractivity contribution < 1.29 is 14.1 Å². The molecular weight excluding hydrogens is 418 g/mol. The van der Waals surface area contributed by atoms with Crippen LogP contribution in [0.3, 0.4) is 0 Å². The third kappa shape index (κ3) is 4.69. The van der Waals surface area contributed by atoms with Crippen LogP contribution in [-0.4, -0.2) is 50.1 Å². The first-order valence-corrected chi connectivity index (χ1v) is 10.6. The van der Waals surface area contributed by atoms with Gasteiger partial charge in [-0.25, -0.2) is 4.98 Å². The second-order valence-corrected chi connectivity index (χ2v) is 8.18. The van der Waals surface area contributed by atoms with Gasteiger partial charge < -0.3 is 14.2 Å². The lowest BCUT2D eigenvalue weighted by Crippen LogP contribution is -2.45. The van der Waals surface area contributed by atoms with Gasteiger partial charge in [-0.15, -0.1) is 0 Å². The van der Waals surface area contributed by atoms with Crippen LogP contribution in [0.25, 0.3) is 11.6 Å². The van der Waals surface area contributed by atoms with Crippen molar-refractivity contribution in [1.29, 1.82) is 0 Å². The number of benzene rings is 1. The quantitative estimate of drug-likeness (QED) is 0.591. The smallest absolute Gasteiger partial charge is 0.278 e. The first kappa shape index (κ1) is 21.2. The van der Waals surface area contributed by atoms with E-state index in [0.29, 0.717) is 41.3 Å². The van der Waals surface area contributed by atoms with E-state index in [0.717, 1.165) is 24.0 Å². The summed E-state index contributed by atoms with van der Waals surface area (Å²) in [6.07, 6.45) is 5.87. The molecule has 1 amide bonds. The first-order valence-electron chi connectivity index (χ1n) is 10.2. The van der Waals surface area contributed by atoms with E-state index in [4.69, 9.17) is 20.9 Å². The Bertz CT molecular complexity index is 1050. The van der Waals surface area contributed by atoms with Crippen LogP contribution in [0.1, 0.15) is 42.6 Å². The molecule has 162 valence electrons. The molecule has 0 bridgehead atoms.